The van der Waals surface area contributed by atoms with Crippen molar-refractivity contribution in [2.45, 2.75) is 10.8 Å². The van der Waals surface area contributed by atoms with Gasteiger partial charge in [-0.15, -0.1) is 23.2 Å². The summed E-state index contributed by atoms with van der Waals surface area (Å²) < 4.78 is 0.928. The van der Waals surface area contributed by atoms with Gasteiger partial charge in [-0.2, -0.15) is 5.26 Å². The second-order valence-electron chi connectivity index (χ2n) is 2.49. The Kier molecular flexibility index (Phi) is 4.05. The first-order valence-electron chi connectivity index (χ1n) is 3.58. The van der Waals surface area contributed by atoms with Gasteiger partial charge in [0.25, 0.3) is 0 Å². The van der Waals surface area contributed by atoms with Gasteiger partial charge >= 0.3 is 0 Å². The summed E-state index contributed by atoms with van der Waals surface area (Å²) in [4.78, 5) is 0. The molecule has 68 valence electrons. The SMILES string of the molecule is N#CC(Cl)C(Cl)c1cccc(Br)c1. The van der Waals surface area contributed by atoms with Crippen LogP contribution in [0.5, 0.6) is 0 Å². The molecular weight excluding hydrogens is 273 g/mol. The molecule has 1 rings (SSSR count). The second kappa shape index (κ2) is 4.85. The quantitative estimate of drug-likeness (QED) is 0.754. The lowest BCUT2D eigenvalue weighted by atomic mass is 10.1. The zero-order chi connectivity index (χ0) is 9.84. The molecule has 0 aliphatic carbocycles. The van der Waals surface area contributed by atoms with Crippen LogP contribution in [0.4, 0.5) is 0 Å². The first-order chi connectivity index (χ1) is 6.15. The van der Waals surface area contributed by atoms with Gasteiger partial charge in [0.05, 0.1) is 11.4 Å². The van der Waals surface area contributed by atoms with Crippen molar-refractivity contribution in [2.75, 3.05) is 0 Å². The Labute approximate surface area is 95.4 Å². The number of hydrogen-bond donors (Lipinski definition) is 0. The van der Waals surface area contributed by atoms with Crippen molar-refractivity contribution in [2.24, 2.45) is 0 Å². The zero-order valence-electron chi connectivity index (χ0n) is 6.55. The molecule has 2 atom stereocenters. The summed E-state index contributed by atoms with van der Waals surface area (Å²) in [5, 5.41) is 7.39. The maximum atomic E-state index is 8.56. The van der Waals surface area contributed by atoms with Crippen molar-refractivity contribution in [1.29, 1.82) is 5.26 Å². The van der Waals surface area contributed by atoms with Crippen molar-refractivity contribution < 1.29 is 0 Å². The molecule has 0 N–H and O–H groups in total. The van der Waals surface area contributed by atoms with Crippen LogP contribution in [0.25, 0.3) is 0 Å². The van der Waals surface area contributed by atoms with Gasteiger partial charge in [-0.05, 0) is 17.7 Å². The van der Waals surface area contributed by atoms with Crippen LogP contribution in [0.1, 0.15) is 10.9 Å². The Morgan fingerprint density at radius 2 is 2.08 bits per heavy atom. The molecule has 0 saturated heterocycles. The molecule has 1 nitrogen and oxygen atoms in total. The molecule has 1 aromatic carbocycles. The Morgan fingerprint density at radius 3 is 2.62 bits per heavy atom. The van der Waals surface area contributed by atoms with Crippen LogP contribution in [0.2, 0.25) is 0 Å². The van der Waals surface area contributed by atoms with E-state index in [0.717, 1.165) is 10.0 Å². The molecule has 0 bridgehead atoms. The second-order valence-corrected chi connectivity index (χ2v) is 4.34. The Morgan fingerprint density at radius 1 is 1.38 bits per heavy atom. The summed E-state index contributed by atoms with van der Waals surface area (Å²) >= 11 is 15.0. The fourth-order valence-corrected chi connectivity index (χ4v) is 1.67. The summed E-state index contributed by atoms with van der Waals surface area (Å²) in [6.45, 7) is 0. The van der Waals surface area contributed by atoms with E-state index in [0.29, 0.717) is 0 Å². The molecule has 0 heterocycles. The molecule has 0 radical (unpaired) electrons. The van der Waals surface area contributed by atoms with E-state index < -0.39 is 10.8 Å². The van der Waals surface area contributed by atoms with E-state index in [1.54, 1.807) is 0 Å². The van der Waals surface area contributed by atoms with E-state index in [9.17, 15) is 0 Å². The Balaban J connectivity index is 2.90. The van der Waals surface area contributed by atoms with Crippen molar-refractivity contribution in [1.82, 2.24) is 0 Å². The predicted molar refractivity (Wildman–Crippen MR) is 58.0 cm³/mol. The van der Waals surface area contributed by atoms with Crippen molar-refractivity contribution in [3.63, 3.8) is 0 Å². The first-order valence-corrected chi connectivity index (χ1v) is 5.25. The molecule has 0 saturated carbocycles. The topological polar surface area (TPSA) is 23.8 Å². The lowest BCUT2D eigenvalue weighted by Crippen LogP contribution is -2.04. The van der Waals surface area contributed by atoms with Crippen molar-refractivity contribution in [3.8, 4) is 6.07 Å². The third-order valence-electron chi connectivity index (χ3n) is 1.55. The molecular formula is C9H6BrCl2N. The lowest BCUT2D eigenvalue weighted by molar-refractivity contribution is 0.972. The fraction of sp³-hybridized carbons (Fsp3) is 0.222. The first kappa shape index (κ1) is 10.8. The Bertz CT molecular complexity index is 335. The number of nitrogens with zero attached hydrogens (tertiary/aromatic N) is 1. The highest BCUT2D eigenvalue weighted by atomic mass is 79.9. The standard InChI is InChI=1S/C9H6BrCl2N/c10-7-3-1-2-6(4-7)9(12)8(11)5-13/h1-4,8-9H. The summed E-state index contributed by atoms with van der Waals surface area (Å²) in [6.07, 6.45) is 0. The van der Waals surface area contributed by atoms with Gasteiger partial charge in [0.2, 0.25) is 0 Å². The average Bonchev–Trinajstić information content (AvgIpc) is 2.15. The minimum absolute atomic E-state index is 0.468. The molecule has 0 spiro atoms. The number of halogens is 3. The maximum absolute atomic E-state index is 8.56. The minimum Gasteiger partial charge on any atom is -0.197 e. The van der Waals surface area contributed by atoms with Crippen LogP contribution in [0.15, 0.2) is 28.7 Å². The van der Waals surface area contributed by atoms with Gasteiger partial charge in [-0.1, -0.05) is 28.1 Å². The van der Waals surface area contributed by atoms with Gasteiger partial charge in [0, 0.05) is 4.47 Å². The third kappa shape index (κ3) is 2.87. The highest BCUT2D eigenvalue weighted by Crippen LogP contribution is 2.29. The lowest BCUT2D eigenvalue weighted by Gasteiger charge is -2.09. The van der Waals surface area contributed by atoms with Crippen LogP contribution in [0, 0.1) is 11.3 Å². The third-order valence-corrected chi connectivity index (χ3v) is 3.02. The van der Waals surface area contributed by atoms with Gasteiger partial charge in [-0.3, -0.25) is 0 Å². The van der Waals surface area contributed by atoms with Gasteiger partial charge < -0.3 is 0 Å². The van der Waals surface area contributed by atoms with Crippen LogP contribution in [-0.2, 0) is 0 Å². The molecule has 0 aliphatic heterocycles. The van der Waals surface area contributed by atoms with E-state index in [-0.39, 0.29) is 0 Å². The maximum Gasteiger partial charge on any atom is 0.140 e. The highest BCUT2D eigenvalue weighted by molar-refractivity contribution is 9.10. The predicted octanol–water partition coefficient (Wildman–Crippen LogP) is 3.86. The summed E-state index contributed by atoms with van der Waals surface area (Å²) in [7, 11) is 0. The van der Waals surface area contributed by atoms with E-state index >= 15 is 0 Å². The van der Waals surface area contributed by atoms with Gasteiger partial charge in [0.15, 0.2) is 0 Å². The summed E-state index contributed by atoms with van der Waals surface area (Å²) in [6, 6.07) is 9.34. The van der Waals surface area contributed by atoms with Crippen LogP contribution < -0.4 is 0 Å². The number of rotatable bonds is 2. The largest absolute Gasteiger partial charge is 0.197 e. The number of alkyl halides is 2. The number of hydrogen-bond acceptors (Lipinski definition) is 1. The van der Waals surface area contributed by atoms with Crippen LogP contribution >= 0.6 is 39.1 Å². The molecule has 0 aliphatic rings. The van der Waals surface area contributed by atoms with Gasteiger partial charge in [0.1, 0.15) is 5.38 Å². The van der Waals surface area contributed by atoms with Gasteiger partial charge in [-0.25, -0.2) is 0 Å². The molecule has 4 heteroatoms. The van der Waals surface area contributed by atoms with Crippen molar-refractivity contribution in [3.05, 3.63) is 34.3 Å². The molecule has 13 heavy (non-hydrogen) atoms. The summed E-state index contributed by atoms with van der Waals surface area (Å²) in [5.41, 5.74) is 0.845. The molecule has 0 amide bonds. The molecule has 2 unspecified atom stereocenters. The van der Waals surface area contributed by atoms with Crippen LogP contribution in [0.3, 0.4) is 0 Å². The smallest absolute Gasteiger partial charge is 0.140 e. The normalized spacial score (nSPS) is 14.6. The van der Waals surface area contributed by atoms with E-state index in [1.165, 1.54) is 0 Å². The minimum atomic E-state index is -0.698. The van der Waals surface area contributed by atoms with E-state index in [4.69, 9.17) is 28.5 Å². The fourth-order valence-electron chi connectivity index (χ4n) is 0.913. The molecule has 0 fully saturated rings. The number of nitriles is 1. The van der Waals surface area contributed by atoms with Crippen molar-refractivity contribution >= 4 is 39.1 Å². The summed E-state index contributed by atoms with van der Waals surface area (Å²) in [5.74, 6) is 0. The average molecular weight is 279 g/mol. The zero-order valence-corrected chi connectivity index (χ0v) is 9.64. The van der Waals surface area contributed by atoms with E-state index in [2.05, 4.69) is 15.9 Å². The number of benzene rings is 1. The Hall–Kier alpha value is -0.230. The molecule has 0 aromatic heterocycles. The molecule has 1 aromatic rings. The van der Waals surface area contributed by atoms with Crippen LogP contribution in [-0.4, -0.2) is 5.38 Å². The van der Waals surface area contributed by atoms with E-state index in [1.807, 2.05) is 30.3 Å². The highest BCUT2D eigenvalue weighted by Gasteiger charge is 2.17. The monoisotopic (exact) mass is 277 g/mol.